The molecule has 0 aromatic heterocycles. The van der Waals surface area contributed by atoms with Crippen molar-refractivity contribution < 1.29 is 19.5 Å². The number of hydroxylamine groups is 1. The van der Waals surface area contributed by atoms with E-state index >= 15 is 0 Å². The van der Waals surface area contributed by atoms with Crippen LogP contribution in [0.25, 0.3) is 0 Å². The maximum Gasteiger partial charge on any atom is 0.306 e. The molecule has 0 heterocycles. The molecule has 0 aliphatic carbocycles. The van der Waals surface area contributed by atoms with Gasteiger partial charge in [0.1, 0.15) is 0 Å². The Morgan fingerprint density at radius 1 is 0.846 bits per heavy atom. The summed E-state index contributed by atoms with van der Waals surface area (Å²) in [6, 6.07) is 0. The molecule has 0 radical (unpaired) electrons. The lowest BCUT2D eigenvalue weighted by molar-refractivity contribution is -0.143. The molecule has 0 spiro atoms. The Balaban J connectivity index is 3.34. The summed E-state index contributed by atoms with van der Waals surface area (Å²) in [4.78, 5) is 26.0. The van der Waals surface area contributed by atoms with Crippen LogP contribution in [0, 0.1) is 5.92 Å². The van der Waals surface area contributed by atoms with E-state index in [0.717, 1.165) is 12.8 Å². The normalized spacial score (nSPS) is 12.0. The van der Waals surface area contributed by atoms with Crippen LogP contribution >= 0.6 is 0 Å². The molecule has 5 heteroatoms. The Morgan fingerprint density at radius 2 is 1.31 bits per heavy atom. The van der Waals surface area contributed by atoms with Crippen molar-refractivity contribution in [2.24, 2.45) is 5.92 Å². The summed E-state index contributed by atoms with van der Waals surface area (Å²) in [5.41, 5.74) is 2.09. The zero-order chi connectivity index (χ0) is 19.3. The number of hydrogen-bond acceptors (Lipinski definition) is 3. The minimum atomic E-state index is -0.769. The van der Waals surface area contributed by atoms with E-state index in [0.29, 0.717) is 19.3 Å². The number of carboxylic acid groups (broad SMARTS) is 1. The highest BCUT2D eigenvalue weighted by atomic mass is 16.6. The van der Waals surface area contributed by atoms with E-state index < -0.39 is 5.97 Å². The zero-order valence-corrected chi connectivity index (χ0v) is 16.8. The van der Waals surface area contributed by atoms with Gasteiger partial charge >= 0.3 is 5.97 Å². The molecule has 0 aliphatic heterocycles. The second kappa shape index (κ2) is 20.2. The Hall–Kier alpha value is -1.10. The van der Waals surface area contributed by atoms with Gasteiger partial charge in [-0.05, 0) is 12.8 Å². The molecule has 2 N–H and O–H groups in total. The summed E-state index contributed by atoms with van der Waals surface area (Å²) in [6.07, 6.45) is 19.8. The van der Waals surface area contributed by atoms with Gasteiger partial charge in [-0.1, -0.05) is 96.8 Å². The van der Waals surface area contributed by atoms with Gasteiger partial charge in [0.25, 0.3) is 0 Å². The molecule has 1 atom stereocenters. The van der Waals surface area contributed by atoms with Gasteiger partial charge in [-0.2, -0.15) is 0 Å². The Kier molecular flexibility index (Phi) is 19.4. The van der Waals surface area contributed by atoms with Gasteiger partial charge in [0, 0.05) is 0 Å². The molecule has 1 amide bonds. The molecular formula is C21H41NO4. The van der Waals surface area contributed by atoms with Gasteiger partial charge in [0.15, 0.2) is 0 Å². The van der Waals surface area contributed by atoms with E-state index in [2.05, 4.69) is 12.4 Å². The van der Waals surface area contributed by atoms with Crippen molar-refractivity contribution >= 4 is 12.4 Å². The molecule has 5 nitrogen and oxygen atoms in total. The molecule has 154 valence electrons. The topological polar surface area (TPSA) is 75.6 Å². The van der Waals surface area contributed by atoms with Gasteiger partial charge in [-0.15, -0.1) is 0 Å². The Morgan fingerprint density at radius 3 is 1.73 bits per heavy atom. The van der Waals surface area contributed by atoms with Crippen molar-refractivity contribution in [2.75, 3.05) is 6.61 Å². The third-order valence-electron chi connectivity index (χ3n) is 4.96. The molecule has 26 heavy (non-hydrogen) atoms. The number of carbonyl (C=O) groups excluding carboxylic acids is 1. The van der Waals surface area contributed by atoms with Crippen LogP contribution in [0.4, 0.5) is 0 Å². The molecule has 0 aromatic carbocycles. The third-order valence-corrected chi connectivity index (χ3v) is 4.96. The highest BCUT2D eigenvalue weighted by Gasteiger charge is 2.16. The first-order valence-electron chi connectivity index (χ1n) is 10.8. The van der Waals surface area contributed by atoms with E-state index in [1.54, 1.807) is 0 Å². The number of nitrogens with one attached hydrogen (secondary N) is 1. The fraction of sp³-hybridized carbons (Fsp3) is 0.905. The van der Waals surface area contributed by atoms with Crippen LogP contribution in [0.2, 0.25) is 0 Å². The highest BCUT2D eigenvalue weighted by Crippen LogP contribution is 2.17. The number of amides is 1. The lowest BCUT2D eigenvalue weighted by atomic mass is 9.97. The second-order valence-electron chi connectivity index (χ2n) is 7.29. The maximum absolute atomic E-state index is 11.2. The van der Waals surface area contributed by atoms with E-state index in [1.807, 2.05) is 0 Å². The quantitative estimate of drug-likeness (QED) is 0.156. The number of rotatable bonds is 21. The fourth-order valence-corrected chi connectivity index (χ4v) is 3.27. The molecule has 1 unspecified atom stereocenters. The van der Waals surface area contributed by atoms with Crippen molar-refractivity contribution in [3.05, 3.63) is 0 Å². The highest BCUT2D eigenvalue weighted by molar-refractivity contribution is 5.69. The number of aliphatic carboxylic acids is 1. The summed E-state index contributed by atoms with van der Waals surface area (Å²) >= 11 is 0. The van der Waals surface area contributed by atoms with Crippen LogP contribution < -0.4 is 5.48 Å². The SMILES string of the molecule is CCCCCCCCCCCCCCCCC(CCONC=O)C(=O)O. The van der Waals surface area contributed by atoms with Crippen LogP contribution in [-0.2, 0) is 14.4 Å². The molecule has 0 saturated heterocycles. The minimum Gasteiger partial charge on any atom is -0.481 e. The largest absolute Gasteiger partial charge is 0.481 e. The van der Waals surface area contributed by atoms with Gasteiger partial charge in [0.2, 0.25) is 6.41 Å². The van der Waals surface area contributed by atoms with E-state index in [1.165, 1.54) is 77.0 Å². The van der Waals surface area contributed by atoms with Gasteiger partial charge in [-0.3, -0.25) is 14.4 Å². The monoisotopic (exact) mass is 371 g/mol. The molecule has 0 bridgehead atoms. The first-order valence-corrected chi connectivity index (χ1v) is 10.8. The first kappa shape index (κ1) is 24.9. The zero-order valence-electron chi connectivity index (χ0n) is 16.8. The van der Waals surface area contributed by atoms with E-state index in [-0.39, 0.29) is 12.5 Å². The van der Waals surface area contributed by atoms with Crippen molar-refractivity contribution in [3.8, 4) is 0 Å². The smallest absolute Gasteiger partial charge is 0.306 e. The standard InChI is InChI=1S/C21H41NO4/c1-2-3-4-5-6-7-8-9-10-11-12-13-14-15-16-20(21(24)25)17-18-26-22-19-23/h19-20H,2-18H2,1H3,(H,22,23)(H,24,25). The summed E-state index contributed by atoms with van der Waals surface area (Å²) < 4.78 is 0. The molecule has 0 aliphatic rings. The maximum atomic E-state index is 11.2. The summed E-state index contributed by atoms with van der Waals surface area (Å²) in [6.45, 7) is 2.50. The Bertz CT molecular complexity index is 323. The molecule has 0 fully saturated rings. The van der Waals surface area contributed by atoms with Crippen LogP contribution in [0.5, 0.6) is 0 Å². The predicted octanol–water partition coefficient (Wildman–Crippen LogP) is 5.63. The number of hydrogen-bond donors (Lipinski definition) is 2. The van der Waals surface area contributed by atoms with Gasteiger partial charge in [-0.25, -0.2) is 5.48 Å². The third kappa shape index (κ3) is 17.7. The second-order valence-corrected chi connectivity index (χ2v) is 7.29. The van der Waals surface area contributed by atoms with Gasteiger partial charge in [0.05, 0.1) is 12.5 Å². The van der Waals surface area contributed by atoms with Crippen molar-refractivity contribution in [3.63, 3.8) is 0 Å². The van der Waals surface area contributed by atoms with Crippen molar-refractivity contribution in [1.29, 1.82) is 0 Å². The lowest BCUT2D eigenvalue weighted by Crippen LogP contribution is -2.19. The fourth-order valence-electron chi connectivity index (χ4n) is 3.27. The van der Waals surface area contributed by atoms with E-state index in [4.69, 9.17) is 4.84 Å². The number of carboxylic acids is 1. The number of carbonyl (C=O) groups is 2. The summed E-state index contributed by atoms with van der Waals surface area (Å²) in [5.74, 6) is -1.14. The lowest BCUT2D eigenvalue weighted by Gasteiger charge is -2.11. The molecule has 0 aromatic rings. The van der Waals surface area contributed by atoms with Crippen molar-refractivity contribution in [2.45, 2.75) is 110 Å². The molecular weight excluding hydrogens is 330 g/mol. The summed E-state index contributed by atoms with van der Waals surface area (Å²) in [7, 11) is 0. The average Bonchev–Trinajstić information content (AvgIpc) is 2.63. The summed E-state index contributed by atoms with van der Waals surface area (Å²) in [5, 5.41) is 9.19. The Labute approximate surface area is 160 Å². The first-order chi connectivity index (χ1) is 12.7. The van der Waals surface area contributed by atoms with Crippen LogP contribution in [0.3, 0.4) is 0 Å². The van der Waals surface area contributed by atoms with E-state index in [9.17, 15) is 14.7 Å². The van der Waals surface area contributed by atoms with Crippen LogP contribution in [-0.4, -0.2) is 24.1 Å². The van der Waals surface area contributed by atoms with Crippen LogP contribution in [0.15, 0.2) is 0 Å². The van der Waals surface area contributed by atoms with Gasteiger partial charge < -0.3 is 5.11 Å². The number of unbranched alkanes of at least 4 members (excludes halogenated alkanes) is 13. The predicted molar refractivity (Wildman–Crippen MR) is 106 cm³/mol. The molecule has 0 saturated carbocycles. The van der Waals surface area contributed by atoms with Crippen LogP contribution in [0.1, 0.15) is 110 Å². The molecule has 0 rings (SSSR count). The minimum absolute atomic E-state index is 0.244. The van der Waals surface area contributed by atoms with Crippen molar-refractivity contribution in [1.82, 2.24) is 5.48 Å². The average molecular weight is 372 g/mol.